The second kappa shape index (κ2) is 16.6. The number of imidazole rings is 1. The molecule has 0 unspecified atom stereocenters. The highest BCUT2D eigenvalue weighted by Crippen LogP contribution is 2.42. The van der Waals surface area contributed by atoms with E-state index in [9.17, 15) is 4.79 Å². The van der Waals surface area contributed by atoms with Crippen LogP contribution in [0.4, 0.5) is 5.95 Å². The molecule has 1 saturated carbocycles. The molecule has 0 saturated heterocycles. The Hall–Kier alpha value is -6.36. The Balaban J connectivity index is 1.18. The van der Waals surface area contributed by atoms with Crippen molar-refractivity contribution in [2.45, 2.75) is 37.3 Å². The Morgan fingerprint density at radius 3 is 1.88 bits per heavy atom. The number of ketones is 1. The topological polar surface area (TPSA) is 110 Å². The number of nitrogens with zero attached hydrogens (tertiary/aromatic N) is 4. The summed E-state index contributed by atoms with van der Waals surface area (Å²) in [6.07, 6.45) is 1.69. The van der Waals surface area contributed by atoms with Crippen LogP contribution < -0.4 is 14.8 Å². The van der Waals surface area contributed by atoms with Crippen molar-refractivity contribution in [3.8, 4) is 11.6 Å². The summed E-state index contributed by atoms with van der Waals surface area (Å²) in [4.78, 5) is 29.1. The molecule has 0 bridgehead atoms. The van der Waals surface area contributed by atoms with Gasteiger partial charge in [0.25, 0.3) is 0 Å². The first kappa shape index (κ1) is 36.6. The van der Waals surface area contributed by atoms with Gasteiger partial charge < -0.3 is 28.8 Å². The average Bonchev–Trinajstić information content (AvgIpc) is 3.82. The van der Waals surface area contributed by atoms with Crippen LogP contribution in [-0.2, 0) is 33.0 Å². The molecule has 0 spiro atoms. The zero-order chi connectivity index (χ0) is 38.3. The molecule has 0 aliphatic heterocycles. The molecule has 1 N–H and O–H groups in total. The summed E-state index contributed by atoms with van der Waals surface area (Å²) in [6, 6.07) is 47.7. The molecule has 0 radical (unpaired) electrons. The lowest BCUT2D eigenvalue weighted by Gasteiger charge is -2.37. The van der Waals surface area contributed by atoms with E-state index in [2.05, 4.69) is 29.6 Å². The van der Waals surface area contributed by atoms with E-state index in [0.717, 1.165) is 33.6 Å². The van der Waals surface area contributed by atoms with Gasteiger partial charge >= 0.3 is 0 Å². The van der Waals surface area contributed by atoms with E-state index in [1.54, 1.807) is 20.5 Å². The number of carbonyl (C=O) groups excluding carboxylic acids is 1. The van der Waals surface area contributed by atoms with Gasteiger partial charge in [0.05, 0.1) is 58.4 Å². The van der Waals surface area contributed by atoms with Gasteiger partial charge in [0.15, 0.2) is 16.9 Å². The van der Waals surface area contributed by atoms with E-state index >= 15 is 0 Å². The van der Waals surface area contributed by atoms with E-state index in [4.69, 9.17) is 33.9 Å². The number of hydrogen-bond acceptors (Lipinski definition) is 9. The number of carbonyl (C=O) groups is 1. The summed E-state index contributed by atoms with van der Waals surface area (Å²) in [5.74, 6) is 0.826. The maximum Gasteiger partial charge on any atom is 0.246 e. The van der Waals surface area contributed by atoms with Crippen molar-refractivity contribution in [2.24, 2.45) is 5.92 Å². The number of anilines is 1. The van der Waals surface area contributed by atoms with Crippen LogP contribution in [0.5, 0.6) is 11.6 Å². The Bertz CT molecular complexity index is 2320. The fourth-order valence-electron chi connectivity index (χ4n) is 7.63. The second-order valence-electron chi connectivity index (χ2n) is 13.8. The minimum atomic E-state index is -0.945. The third-order valence-corrected chi connectivity index (χ3v) is 10.5. The number of Topliss-reactive ketones (excluding diaryl/α,β-unsaturated/α-hetero) is 1. The summed E-state index contributed by atoms with van der Waals surface area (Å²) in [7, 11) is 3.21. The summed E-state index contributed by atoms with van der Waals surface area (Å²) in [5.41, 5.74) is 4.92. The van der Waals surface area contributed by atoms with Gasteiger partial charge in [-0.15, -0.1) is 0 Å². The number of fused-ring (bicyclic) bond motifs is 1. The van der Waals surface area contributed by atoms with E-state index < -0.39 is 17.5 Å². The van der Waals surface area contributed by atoms with Crippen molar-refractivity contribution in [3.63, 3.8) is 0 Å². The normalized spacial score (nSPS) is 16.9. The molecule has 5 aromatic carbocycles. The lowest BCUT2D eigenvalue weighted by Crippen LogP contribution is -2.38. The van der Waals surface area contributed by atoms with Gasteiger partial charge in [-0.2, -0.15) is 9.97 Å². The third kappa shape index (κ3) is 7.36. The number of hydrogen-bond donors (Lipinski definition) is 1. The highest BCUT2D eigenvalue weighted by Gasteiger charge is 2.45. The number of aromatic nitrogens is 4. The van der Waals surface area contributed by atoms with Crippen molar-refractivity contribution in [1.29, 1.82) is 0 Å². The third-order valence-electron chi connectivity index (χ3n) is 10.5. The van der Waals surface area contributed by atoms with Crippen LogP contribution in [0.3, 0.4) is 0 Å². The molecule has 1 fully saturated rings. The van der Waals surface area contributed by atoms with Gasteiger partial charge in [-0.1, -0.05) is 133 Å². The first-order chi connectivity index (χ1) is 27.6. The van der Waals surface area contributed by atoms with Crippen LogP contribution in [0.1, 0.15) is 40.3 Å². The van der Waals surface area contributed by atoms with Crippen LogP contribution in [0.2, 0.25) is 0 Å². The monoisotopic (exact) mass is 747 g/mol. The highest BCUT2D eigenvalue weighted by atomic mass is 16.5. The van der Waals surface area contributed by atoms with Crippen molar-refractivity contribution < 1.29 is 23.7 Å². The Kier molecular flexibility index (Phi) is 10.8. The SMILES string of the molecule is COc1ccc(C(Nc2nc(OC)c3n[14cH]n([C@H]4C[C@H](OCc5ccccc5)[C@@H](COCc5ccccc5)C4=O)c3n2)(c2ccccc2)c2ccccc2)cc1. The number of ether oxygens (including phenoxy) is 4. The molecular formula is C46H43N5O5. The molecule has 2 heterocycles. The maximum atomic E-state index is 14.5. The van der Waals surface area contributed by atoms with Crippen LogP contribution in [0, 0.1) is 5.92 Å². The van der Waals surface area contributed by atoms with Gasteiger partial charge in [-0.05, 0) is 39.9 Å². The van der Waals surface area contributed by atoms with Gasteiger partial charge in [-0.25, -0.2) is 4.98 Å². The van der Waals surface area contributed by atoms with Gasteiger partial charge in [-0.3, -0.25) is 4.79 Å². The maximum absolute atomic E-state index is 14.5. The molecular weight excluding hydrogens is 705 g/mol. The van der Waals surface area contributed by atoms with Crippen molar-refractivity contribution in [3.05, 3.63) is 180 Å². The number of methoxy groups -OCH3 is 2. The number of benzene rings is 5. The quantitative estimate of drug-likeness (QED) is 0.104. The number of nitrogens with one attached hydrogen (secondary N) is 1. The number of rotatable bonds is 15. The molecule has 282 valence electrons. The summed E-state index contributed by atoms with van der Waals surface area (Å²) in [5, 5.41) is 3.75. The largest absolute Gasteiger partial charge is 0.497 e. The van der Waals surface area contributed by atoms with Crippen LogP contribution in [-0.4, -0.2) is 52.2 Å². The summed E-state index contributed by atoms with van der Waals surface area (Å²) >= 11 is 0. The lowest BCUT2D eigenvalue weighted by atomic mass is 9.77. The zero-order valence-corrected chi connectivity index (χ0v) is 31.3. The molecule has 3 atom stereocenters. The summed E-state index contributed by atoms with van der Waals surface area (Å²) in [6.45, 7) is 0.995. The molecule has 7 aromatic rings. The molecule has 1 aliphatic carbocycles. The lowest BCUT2D eigenvalue weighted by molar-refractivity contribution is -0.127. The minimum Gasteiger partial charge on any atom is -0.497 e. The first-order valence-electron chi connectivity index (χ1n) is 18.7. The van der Waals surface area contributed by atoms with E-state index in [1.807, 2.05) is 126 Å². The van der Waals surface area contributed by atoms with E-state index in [0.29, 0.717) is 36.7 Å². The van der Waals surface area contributed by atoms with Gasteiger partial charge in [0.1, 0.15) is 11.3 Å². The molecule has 10 heteroatoms. The molecule has 10 nitrogen and oxygen atoms in total. The molecule has 2 aromatic heterocycles. The van der Waals surface area contributed by atoms with Crippen LogP contribution in [0.25, 0.3) is 11.2 Å². The van der Waals surface area contributed by atoms with E-state index in [1.165, 1.54) is 0 Å². The fourth-order valence-corrected chi connectivity index (χ4v) is 7.63. The zero-order valence-electron chi connectivity index (χ0n) is 31.3. The second-order valence-corrected chi connectivity index (χ2v) is 13.8. The van der Waals surface area contributed by atoms with Gasteiger partial charge in [0, 0.05) is 6.42 Å². The van der Waals surface area contributed by atoms with Crippen molar-refractivity contribution >= 4 is 22.9 Å². The molecule has 0 amide bonds. The molecule has 1 aliphatic rings. The highest BCUT2D eigenvalue weighted by molar-refractivity contribution is 5.90. The summed E-state index contributed by atoms with van der Waals surface area (Å²) < 4.78 is 25.9. The van der Waals surface area contributed by atoms with Gasteiger partial charge in [0.2, 0.25) is 11.8 Å². The minimum absolute atomic E-state index is 0.00339. The van der Waals surface area contributed by atoms with Crippen LogP contribution >= 0.6 is 0 Å². The Labute approximate surface area is 326 Å². The predicted octanol–water partition coefficient (Wildman–Crippen LogP) is 8.18. The molecule has 8 rings (SSSR count). The van der Waals surface area contributed by atoms with E-state index in [-0.39, 0.29) is 24.4 Å². The Morgan fingerprint density at radius 2 is 1.29 bits per heavy atom. The smallest absolute Gasteiger partial charge is 0.246 e. The van der Waals surface area contributed by atoms with Crippen molar-refractivity contribution in [2.75, 3.05) is 26.1 Å². The first-order valence-corrected chi connectivity index (χ1v) is 18.7. The standard InChI is InChI=1S/C46H43N5O5/c1-53-37-25-23-36(24-26-37)46(34-19-11-5-12-20-34,35-21-13-6-14-22-35)50-45-48-43-41(44(49-45)54-2)47-31-51(43)39-27-40(56-29-33-17-9-4-10-18-33)38(42(39)52)30-55-28-32-15-7-3-8-16-32/h3-26,31,38-40H,27-30H2,1-2H3,(H,48,49,50)/t38-,39+,40+/m1/s1/i31+2. The Morgan fingerprint density at radius 1 is 0.714 bits per heavy atom. The molecule has 56 heavy (non-hydrogen) atoms. The fraction of sp³-hybridized carbons (Fsp3) is 0.217. The van der Waals surface area contributed by atoms with Crippen LogP contribution in [0.15, 0.2) is 152 Å². The average molecular weight is 748 g/mol. The van der Waals surface area contributed by atoms with Crippen molar-refractivity contribution in [1.82, 2.24) is 19.5 Å². The predicted molar refractivity (Wildman–Crippen MR) is 215 cm³/mol.